The summed E-state index contributed by atoms with van der Waals surface area (Å²) >= 11 is 0. The van der Waals surface area contributed by atoms with Crippen molar-refractivity contribution in [1.29, 1.82) is 0 Å². The van der Waals surface area contributed by atoms with Gasteiger partial charge in [0.25, 0.3) is 0 Å². The van der Waals surface area contributed by atoms with Crippen LogP contribution in [0.15, 0.2) is 36.5 Å². The number of halogens is 1. The lowest BCUT2D eigenvalue weighted by atomic mass is 9.78. The van der Waals surface area contributed by atoms with E-state index in [4.69, 9.17) is 14.2 Å². The molecule has 180 valence electrons. The van der Waals surface area contributed by atoms with Crippen molar-refractivity contribution in [2.24, 2.45) is 0 Å². The van der Waals surface area contributed by atoms with Crippen LogP contribution in [0.1, 0.15) is 43.2 Å². The quantitative estimate of drug-likeness (QED) is 0.544. The summed E-state index contributed by atoms with van der Waals surface area (Å²) in [6.07, 6.45) is 5.20. The average molecular weight is 468 g/mol. The van der Waals surface area contributed by atoms with Crippen LogP contribution in [-0.4, -0.2) is 47.0 Å². The highest BCUT2D eigenvalue weighted by molar-refractivity contribution is 5.78. The third-order valence-corrected chi connectivity index (χ3v) is 6.91. The first-order valence-corrected chi connectivity index (χ1v) is 11.9. The van der Waals surface area contributed by atoms with Gasteiger partial charge in [0.15, 0.2) is 11.5 Å². The Bertz CT molecular complexity index is 1160. The smallest absolute Gasteiger partial charge is 0.213 e. The molecule has 8 heteroatoms. The van der Waals surface area contributed by atoms with Crippen molar-refractivity contribution in [2.45, 2.75) is 56.7 Å². The third kappa shape index (κ3) is 4.93. The zero-order chi connectivity index (χ0) is 23.5. The number of hydrogen-bond donors (Lipinski definition) is 2. The molecule has 0 amide bonds. The van der Waals surface area contributed by atoms with E-state index >= 15 is 0 Å². The molecule has 0 radical (unpaired) electrons. The highest BCUT2D eigenvalue weighted by Gasteiger charge is 2.33. The highest BCUT2D eigenvalue weighted by Crippen LogP contribution is 2.34. The monoisotopic (exact) mass is 467 g/mol. The second-order valence-electron chi connectivity index (χ2n) is 9.16. The second-order valence-corrected chi connectivity index (χ2v) is 9.16. The summed E-state index contributed by atoms with van der Waals surface area (Å²) in [7, 11) is 1.53. The van der Waals surface area contributed by atoms with Crippen LogP contribution in [-0.2, 0) is 13.0 Å². The van der Waals surface area contributed by atoms with Crippen molar-refractivity contribution in [2.75, 3.05) is 20.3 Å². The molecule has 3 heterocycles. The summed E-state index contributed by atoms with van der Waals surface area (Å²) in [4.78, 5) is 8.53. The van der Waals surface area contributed by atoms with Crippen LogP contribution in [0.4, 0.5) is 4.39 Å². The predicted molar refractivity (Wildman–Crippen MR) is 126 cm³/mol. The van der Waals surface area contributed by atoms with E-state index in [1.165, 1.54) is 13.3 Å². The normalized spacial score (nSPS) is 22.0. The molecule has 0 atom stereocenters. The van der Waals surface area contributed by atoms with Crippen molar-refractivity contribution in [3.05, 3.63) is 53.5 Å². The Hall–Kier alpha value is -2.97. The van der Waals surface area contributed by atoms with Crippen LogP contribution in [0.25, 0.3) is 11.0 Å². The maximum absolute atomic E-state index is 14.6. The fourth-order valence-corrected chi connectivity index (χ4v) is 4.86. The predicted octanol–water partition coefficient (Wildman–Crippen LogP) is 3.94. The number of nitrogens with zero attached hydrogens (tertiary/aromatic N) is 2. The van der Waals surface area contributed by atoms with Gasteiger partial charge in [-0.3, -0.25) is 4.98 Å². The molecule has 5 rings (SSSR count). The van der Waals surface area contributed by atoms with E-state index in [1.807, 2.05) is 12.1 Å². The van der Waals surface area contributed by atoms with E-state index in [0.717, 1.165) is 36.4 Å². The maximum atomic E-state index is 14.6. The molecule has 0 saturated heterocycles. The van der Waals surface area contributed by atoms with Gasteiger partial charge in [-0.25, -0.2) is 9.37 Å². The molecule has 3 aromatic rings. The largest absolute Gasteiger partial charge is 0.486 e. The van der Waals surface area contributed by atoms with Gasteiger partial charge in [0.2, 0.25) is 5.88 Å². The van der Waals surface area contributed by atoms with Gasteiger partial charge in [0.1, 0.15) is 19.0 Å². The number of pyridine rings is 2. The molecular formula is C26H30FN3O4. The Balaban J connectivity index is 1.17. The van der Waals surface area contributed by atoms with Crippen LogP contribution in [0.3, 0.4) is 0 Å². The number of rotatable bonds is 7. The zero-order valence-corrected chi connectivity index (χ0v) is 19.3. The topological polar surface area (TPSA) is 85.7 Å². The molecule has 2 N–H and O–H groups in total. The number of aryl methyl sites for hydroxylation is 1. The number of methoxy groups -OCH3 is 1. The first-order valence-electron chi connectivity index (χ1n) is 11.9. The molecule has 1 saturated carbocycles. The summed E-state index contributed by atoms with van der Waals surface area (Å²) in [6.45, 7) is 1.90. The number of aliphatic hydroxyl groups is 1. The van der Waals surface area contributed by atoms with Gasteiger partial charge < -0.3 is 24.6 Å². The molecular weight excluding hydrogens is 437 g/mol. The summed E-state index contributed by atoms with van der Waals surface area (Å²) in [5, 5.41) is 14.8. The maximum Gasteiger partial charge on any atom is 0.213 e. The number of aromatic nitrogens is 2. The third-order valence-electron chi connectivity index (χ3n) is 6.91. The van der Waals surface area contributed by atoms with Crippen molar-refractivity contribution in [3.63, 3.8) is 0 Å². The van der Waals surface area contributed by atoms with Crippen molar-refractivity contribution in [1.82, 2.24) is 15.3 Å². The number of fused-ring (bicyclic) bond motifs is 2. The number of benzene rings is 1. The second kappa shape index (κ2) is 9.72. The van der Waals surface area contributed by atoms with Crippen LogP contribution in [0.2, 0.25) is 0 Å². The van der Waals surface area contributed by atoms with E-state index in [9.17, 15) is 9.50 Å². The van der Waals surface area contributed by atoms with Gasteiger partial charge >= 0.3 is 0 Å². The van der Waals surface area contributed by atoms with Gasteiger partial charge in [-0.05, 0) is 62.3 Å². The minimum atomic E-state index is -0.809. The van der Waals surface area contributed by atoms with E-state index < -0.39 is 11.4 Å². The lowest BCUT2D eigenvalue weighted by Crippen LogP contribution is -2.41. The summed E-state index contributed by atoms with van der Waals surface area (Å²) < 4.78 is 31.1. The SMILES string of the molecule is COc1ccc2ncc(F)c(CCC3(O)CCC(NCc4ccc5c(c4)OCCO5)CC3)c2n1. The summed E-state index contributed by atoms with van der Waals surface area (Å²) in [5.41, 5.74) is 1.94. The molecule has 1 aliphatic heterocycles. The lowest BCUT2D eigenvalue weighted by molar-refractivity contribution is -0.0109. The Morgan fingerprint density at radius 3 is 2.74 bits per heavy atom. The Morgan fingerprint density at radius 2 is 1.94 bits per heavy atom. The average Bonchev–Trinajstić information content (AvgIpc) is 2.87. The standard InChI is InChI=1S/C26H30FN3O4/c1-32-24-5-3-21-25(30-24)19(20(27)16-29-21)8-11-26(31)9-6-18(7-10-26)28-15-17-2-4-22-23(14-17)34-13-12-33-22/h2-5,14,16,18,28,31H,6-13,15H2,1H3. The first-order chi connectivity index (χ1) is 16.5. The molecule has 2 aliphatic rings. The Kier molecular flexibility index (Phi) is 6.52. The van der Waals surface area contributed by atoms with Gasteiger partial charge in [-0.15, -0.1) is 0 Å². The van der Waals surface area contributed by atoms with E-state index in [2.05, 4.69) is 21.4 Å². The zero-order valence-electron chi connectivity index (χ0n) is 19.3. The van der Waals surface area contributed by atoms with Crippen molar-refractivity contribution < 1.29 is 23.7 Å². The van der Waals surface area contributed by atoms with Crippen molar-refractivity contribution >= 4 is 11.0 Å². The minimum Gasteiger partial charge on any atom is -0.486 e. The fraction of sp³-hybridized carbons (Fsp3) is 0.462. The Labute approximate surface area is 198 Å². The van der Waals surface area contributed by atoms with Gasteiger partial charge in [-0.2, -0.15) is 0 Å². The van der Waals surface area contributed by atoms with Gasteiger partial charge in [0.05, 0.1) is 29.9 Å². The molecule has 0 unspecified atom stereocenters. The van der Waals surface area contributed by atoms with E-state index in [1.54, 1.807) is 12.1 Å². The molecule has 1 aromatic carbocycles. The number of nitrogens with one attached hydrogen (secondary N) is 1. The molecule has 2 aromatic heterocycles. The van der Waals surface area contributed by atoms with Crippen LogP contribution >= 0.6 is 0 Å². The van der Waals surface area contributed by atoms with Crippen LogP contribution in [0.5, 0.6) is 17.4 Å². The molecule has 1 fully saturated rings. The van der Waals surface area contributed by atoms with E-state index in [-0.39, 0.29) is 0 Å². The van der Waals surface area contributed by atoms with Gasteiger partial charge in [0, 0.05) is 24.2 Å². The molecule has 7 nitrogen and oxygen atoms in total. The van der Waals surface area contributed by atoms with Crippen LogP contribution in [0, 0.1) is 5.82 Å². The fourth-order valence-electron chi connectivity index (χ4n) is 4.86. The minimum absolute atomic E-state index is 0.331. The van der Waals surface area contributed by atoms with Crippen molar-refractivity contribution in [3.8, 4) is 17.4 Å². The number of ether oxygens (including phenoxy) is 3. The first kappa shape index (κ1) is 22.8. The summed E-state index contributed by atoms with van der Waals surface area (Å²) in [6, 6.07) is 9.85. The summed E-state index contributed by atoms with van der Waals surface area (Å²) in [5.74, 6) is 1.62. The Morgan fingerprint density at radius 1 is 1.15 bits per heavy atom. The van der Waals surface area contributed by atoms with Crippen LogP contribution < -0.4 is 19.5 Å². The van der Waals surface area contributed by atoms with E-state index in [0.29, 0.717) is 67.4 Å². The molecule has 1 aliphatic carbocycles. The molecule has 34 heavy (non-hydrogen) atoms. The highest BCUT2D eigenvalue weighted by atomic mass is 19.1. The number of hydrogen-bond acceptors (Lipinski definition) is 7. The molecule has 0 spiro atoms. The lowest BCUT2D eigenvalue weighted by Gasteiger charge is -2.36. The molecule has 0 bridgehead atoms. The van der Waals surface area contributed by atoms with Gasteiger partial charge in [-0.1, -0.05) is 6.07 Å².